The van der Waals surface area contributed by atoms with Gasteiger partial charge in [-0.3, -0.25) is 4.79 Å². The number of fused-ring (bicyclic) bond motifs is 2. The van der Waals surface area contributed by atoms with Crippen LogP contribution in [0.3, 0.4) is 0 Å². The van der Waals surface area contributed by atoms with Crippen molar-refractivity contribution in [2.45, 2.75) is 11.9 Å². The topological polar surface area (TPSA) is 82.6 Å². The molecule has 0 atom stereocenters. The highest BCUT2D eigenvalue weighted by Gasteiger charge is 2.16. The monoisotopic (exact) mass is 465 g/mol. The Morgan fingerprint density at radius 1 is 1.16 bits per heavy atom. The summed E-state index contributed by atoms with van der Waals surface area (Å²) in [6, 6.07) is 13.5. The fourth-order valence-corrected chi connectivity index (χ4v) is 4.84. The molecular weight excluding hydrogens is 446 g/mol. The molecule has 0 aliphatic carbocycles. The molecule has 0 saturated carbocycles. The molecule has 2 aromatic carbocycles. The summed E-state index contributed by atoms with van der Waals surface area (Å²) in [7, 11) is 1.63. The number of carbonyl (C=O) groups excluding carboxylic acids is 1. The molecule has 0 unspecified atom stereocenters. The van der Waals surface area contributed by atoms with E-state index in [9.17, 15) is 4.79 Å². The van der Waals surface area contributed by atoms with Crippen LogP contribution < -0.4 is 19.5 Å². The summed E-state index contributed by atoms with van der Waals surface area (Å²) in [5, 5.41) is 7.15. The Morgan fingerprint density at radius 2 is 1.94 bits per heavy atom. The summed E-state index contributed by atoms with van der Waals surface area (Å²) in [6.45, 7) is 2.21. The van der Waals surface area contributed by atoms with Crippen LogP contribution in [-0.4, -0.2) is 35.5 Å². The molecular formula is C23H19N3O4S2. The van der Waals surface area contributed by atoms with Gasteiger partial charge in [0.2, 0.25) is 12.7 Å². The number of anilines is 1. The van der Waals surface area contributed by atoms with Crippen LogP contribution in [0.25, 0.3) is 22.2 Å². The van der Waals surface area contributed by atoms with E-state index in [4.69, 9.17) is 19.2 Å². The quantitative estimate of drug-likeness (QED) is 0.395. The highest BCUT2D eigenvalue weighted by atomic mass is 32.2. The third kappa shape index (κ3) is 4.21. The lowest BCUT2D eigenvalue weighted by Crippen LogP contribution is -2.14. The molecule has 32 heavy (non-hydrogen) atoms. The van der Waals surface area contributed by atoms with E-state index in [-0.39, 0.29) is 18.5 Å². The Morgan fingerprint density at radius 3 is 2.72 bits per heavy atom. The maximum atomic E-state index is 12.5. The zero-order valence-corrected chi connectivity index (χ0v) is 19.0. The van der Waals surface area contributed by atoms with Gasteiger partial charge in [0, 0.05) is 22.4 Å². The highest BCUT2D eigenvalue weighted by Crippen LogP contribution is 2.37. The molecule has 1 aliphatic heterocycles. The minimum absolute atomic E-state index is 0.127. The van der Waals surface area contributed by atoms with Crippen LogP contribution in [0, 0.1) is 6.92 Å². The van der Waals surface area contributed by atoms with E-state index in [1.54, 1.807) is 7.11 Å². The smallest absolute Gasteiger partial charge is 0.236 e. The van der Waals surface area contributed by atoms with Crippen molar-refractivity contribution in [1.29, 1.82) is 0 Å². The van der Waals surface area contributed by atoms with Gasteiger partial charge >= 0.3 is 0 Å². The normalized spacial score (nSPS) is 12.2. The van der Waals surface area contributed by atoms with Gasteiger partial charge < -0.3 is 19.5 Å². The van der Waals surface area contributed by atoms with Crippen LogP contribution in [0.15, 0.2) is 52.9 Å². The first-order valence-corrected chi connectivity index (χ1v) is 11.7. The Kier molecular flexibility index (Phi) is 5.59. The van der Waals surface area contributed by atoms with E-state index >= 15 is 0 Å². The second-order valence-corrected chi connectivity index (χ2v) is 8.93. The molecule has 2 aromatic heterocycles. The van der Waals surface area contributed by atoms with Gasteiger partial charge in [0.1, 0.15) is 10.8 Å². The SMILES string of the molecule is COc1ccc(-c2csc(NC(=O)CSc3nc4cc5c(cc4cc3C)OCO5)n2)cc1. The molecule has 1 aliphatic rings. The summed E-state index contributed by atoms with van der Waals surface area (Å²) in [5.41, 5.74) is 3.59. The van der Waals surface area contributed by atoms with Crippen molar-refractivity contribution < 1.29 is 19.0 Å². The summed E-state index contributed by atoms with van der Waals surface area (Å²) in [6.07, 6.45) is 0. The lowest BCUT2D eigenvalue weighted by molar-refractivity contribution is -0.113. The number of thiazole rings is 1. The minimum atomic E-state index is -0.127. The number of nitrogens with one attached hydrogen (secondary N) is 1. The second-order valence-electron chi connectivity index (χ2n) is 7.11. The summed E-state index contributed by atoms with van der Waals surface area (Å²) in [5.74, 6) is 2.33. The Balaban J connectivity index is 1.24. The van der Waals surface area contributed by atoms with Gasteiger partial charge in [-0.2, -0.15) is 0 Å². The van der Waals surface area contributed by atoms with Crippen molar-refractivity contribution in [1.82, 2.24) is 9.97 Å². The van der Waals surface area contributed by atoms with Crippen LogP contribution >= 0.6 is 23.1 Å². The van der Waals surface area contributed by atoms with E-state index in [2.05, 4.69) is 10.3 Å². The van der Waals surface area contributed by atoms with Gasteiger partial charge in [-0.05, 0) is 48.9 Å². The molecule has 5 rings (SSSR count). The molecule has 0 spiro atoms. The molecule has 4 aromatic rings. The van der Waals surface area contributed by atoms with Gasteiger partial charge in [0.15, 0.2) is 16.6 Å². The van der Waals surface area contributed by atoms with Crippen molar-refractivity contribution in [3.63, 3.8) is 0 Å². The van der Waals surface area contributed by atoms with E-state index < -0.39 is 0 Å². The predicted octanol–water partition coefficient (Wildman–Crippen LogP) is 5.13. The van der Waals surface area contributed by atoms with Crippen LogP contribution in [0.5, 0.6) is 17.2 Å². The predicted molar refractivity (Wildman–Crippen MR) is 126 cm³/mol. The van der Waals surface area contributed by atoms with Crippen molar-refractivity contribution in [2.75, 3.05) is 25.0 Å². The molecule has 3 heterocycles. The summed E-state index contributed by atoms with van der Waals surface area (Å²) in [4.78, 5) is 21.7. The zero-order valence-electron chi connectivity index (χ0n) is 17.4. The molecule has 0 saturated heterocycles. The summed E-state index contributed by atoms with van der Waals surface area (Å²) >= 11 is 2.79. The van der Waals surface area contributed by atoms with Crippen LogP contribution in [-0.2, 0) is 4.79 Å². The highest BCUT2D eigenvalue weighted by molar-refractivity contribution is 8.00. The van der Waals surface area contributed by atoms with Gasteiger partial charge in [0.05, 0.1) is 24.1 Å². The minimum Gasteiger partial charge on any atom is -0.497 e. The van der Waals surface area contributed by atoms with E-state index in [1.165, 1.54) is 23.1 Å². The number of carbonyl (C=O) groups is 1. The number of methoxy groups -OCH3 is 1. The first-order chi connectivity index (χ1) is 15.6. The first kappa shape index (κ1) is 20.6. The fourth-order valence-electron chi connectivity index (χ4n) is 3.31. The number of amides is 1. The second kappa shape index (κ2) is 8.68. The number of hydrogen-bond donors (Lipinski definition) is 1. The van der Waals surface area contributed by atoms with E-state index in [1.807, 2.05) is 54.8 Å². The van der Waals surface area contributed by atoms with Crippen LogP contribution in [0.2, 0.25) is 0 Å². The zero-order chi connectivity index (χ0) is 22.1. The molecule has 9 heteroatoms. The van der Waals surface area contributed by atoms with Gasteiger partial charge in [-0.25, -0.2) is 9.97 Å². The maximum Gasteiger partial charge on any atom is 0.236 e. The molecule has 1 N–H and O–H groups in total. The average molecular weight is 466 g/mol. The first-order valence-electron chi connectivity index (χ1n) is 9.82. The van der Waals surface area contributed by atoms with E-state index in [0.717, 1.165) is 44.2 Å². The van der Waals surface area contributed by atoms with Crippen molar-refractivity contribution in [3.8, 4) is 28.5 Å². The lowest BCUT2D eigenvalue weighted by atomic mass is 10.1. The van der Waals surface area contributed by atoms with Crippen LogP contribution in [0.4, 0.5) is 5.13 Å². The van der Waals surface area contributed by atoms with Crippen LogP contribution in [0.1, 0.15) is 5.56 Å². The number of nitrogens with zero attached hydrogens (tertiary/aromatic N) is 2. The summed E-state index contributed by atoms with van der Waals surface area (Å²) < 4.78 is 16.1. The molecule has 162 valence electrons. The number of aromatic nitrogens is 2. The number of hydrogen-bond acceptors (Lipinski definition) is 8. The Hall–Kier alpha value is -3.30. The standard InChI is InChI=1S/C23H19N3O4S2/c1-13-7-15-8-19-20(30-12-29-19)9-17(15)24-22(13)31-11-21(27)26-23-25-18(10-32-23)14-3-5-16(28-2)6-4-14/h3-10H,11-12H2,1-2H3,(H,25,26,27). The molecule has 0 bridgehead atoms. The molecule has 0 radical (unpaired) electrons. The average Bonchev–Trinajstić information content (AvgIpc) is 3.45. The fraction of sp³-hybridized carbons (Fsp3) is 0.174. The molecule has 7 nitrogen and oxygen atoms in total. The molecule has 0 fully saturated rings. The Bertz CT molecular complexity index is 1300. The number of rotatable bonds is 6. The third-order valence-electron chi connectivity index (χ3n) is 4.93. The van der Waals surface area contributed by atoms with Gasteiger partial charge in [0.25, 0.3) is 0 Å². The lowest BCUT2D eigenvalue weighted by Gasteiger charge is -2.08. The van der Waals surface area contributed by atoms with Gasteiger partial charge in [-0.1, -0.05) is 11.8 Å². The maximum absolute atomic E-state index is 12.5. The largest absolute Gasteiger partial charge is 0.497 e. The van der Waals surface area contributed by atoms with Gasteiger partial charge in [-0.15, -0.1) is 11.3 Å². The number of aryl methyl sites for hydroxylation is 1. The van der Waals surface area contributed by atoms with Crippen molar-refractivity contribution in [3.05, 3.63) is 53.4 Å². The van der Waals surface area contributed by atoms with Crippen molar-refractivity contribution in [2.24, 2.45) is 0 Å². The Labute approximate surface area is 192 Å². The third-order valence-corrected chi connectivity index (χ3v) is 6.78. The van der Waals surface area contributed by atoms with E-state index in [0.29, 0.717) is 10.9 Å². The number of pyridine rings is 1. The number of thioether (sulfide) groups is 1. The number of ether oxygens (including phenoxy) is 3. The number of benzene rings is 2. The molecule has 1 amide bonds. The van der Waals surface area contributed by atoms with Crippen molar-refractivity contribution >= 4 is 45.0 Å².